The van der Waals surface area contributed by atoms with Crippen molar-refractivity contribution in [2.75, 3.05) is 32.2 Å². The Hall–Kier alpha value is -4.05. The first kappa shape index (κ1) is 26.0. The van der Waals surface area contributed by atoms with Crippen molar-refractivity contribution in [2.24, 2.45) is 5.10 Å². The van der Waals surface area contributed by atoms with Crippen LogP contribution in [0.25, 0.3) is 11.1 Å². The van der Waals surface area contributed by atoms with Crippen molar-refractivity contribution in [2.45, 2.75) is 19.4 Å². The Balaban J connectivity index is 1.84. The third-order valence-corrected chi connectivity index (χ3v) is 6.71. The van der Waals surface area contributed by atoms with Gasteiger partial charge in [0.2, 0.25) is 10.0 Å². The largest absolute Gasteiger partial charge is 0.493 e. The summed E-state index contributed by atoms with van der Waals surface area (Å²) in [5.41, 5.74) is 5.27. The predicted octanol–water partition coefficient (Wildman–Crippen LogP) is 4.08. The van der Waals surface area contributed by atoms with Crippen LogP contribution in [0.2, 0.25) is 0 Å². The quantitative estimate of drug-likeness (QED) is 0.507. The third-order valence-electron chi connectivity index (χ3n) is 6.12. The molecule has 2 amide bonds. The fourth-order valence-electron chi connectivity index (χ4n) is 4.38. The molecular formula is C27H30N4O5S. The molecule has 37 heavy (non-hydrogen) atoms. The van der Waals surface area contributed by atoms with Gasteiger partial charge in [-0.2, -0.15) is 5.10 Å². The molecule has 0 aromatic heterocycles. The molecule has 0 saturated heterocycles. The summed E-state index contributed by atoms with van der Waals surface area (Å²) in [5.74, 6) is 1.17. The topological polar surface area (TPSA) is 109 Å². The first-order chi connectivity index (χ1) is 17.6. The Morgan fingerprint density at radius 2 is 1.59 bits per heavy atom. The second-order valence-corrected chi connectivity index (χ2v) is 10.5. The number of carbonyl (C=O) groups excluding carboxylic acids is 1. The summed E-state index contributed by atoms with van der Waals surface area (Å²) in [6.45, 7) is 1.94. The molecule has 3 aromatic carbocycles. The Kier molecular flexibility index (Phi) is 7.40. The minimum atomic E-state index is -3.44. The Morgan fingerprint density at radius 1 is 0.973 bits per heavy atom. The number of nitrogens with zero attached hydrogens (tertiary/aromatic N) is 2. The van der Waals surface area contributed by atoms with Gasteiger partial charge in [0.05, 0.1) is 37.9 Å². The van der Waals surface area contributed by atoms with E-state index in [1.54, 1.807) is 33.4 Å². The van der Waals surface area contributed by atoms with E-state index in [4.69, 9.17) is 14.6 Å². The van der Waals surface area contributed by atoms with Gasteiger partial charge < -0.3 is 14.8 Å². The lowest BCUT2D eigenvalue weighted by Gasteiger charge is -2.22. The number of anilines is 1. The van der Waals surface area contributed by atoms with Crippen molar-refractivity contribution in [3.8, 4) is 22.6 Å². The maximum absolute atomic E-state index is 12.7. The molecule has 0 radical (unpaired) electrons. The fraction of sp³-hybridized carbons (Fsp3) is 0.259. The Morgan fingerprint density at radius 3 is 2.22 bits per heavy atom. The highest BCUT2D eigenvalue weighted by atomic mass is 32.2. The fourth-order valence-corrected chi connectivity index (χ4v) is 4.96. The normalized spacial score (nSPS) is 15.2. The second kappa shape index (κ2) is 10.5. The van der Waals surface area contributed by atoms with E-state index in [1.165, 1.54) is 5.01 Å². The van der Waals surface area contributed by atoms with Crippen LogP contribution in [0.4, 0.5) is 10.5 Å². The molecule has 3 aromatic rings. The maximum Gasteiger partial charge on any atom is 0.337 e. The molecule has 0 aliphatic carbocycles. The van der Waals surface area contributed by atoms with E-state index in [1.807, 2.05) is 55.5 Å². The van der Waals surface area contributed by atoms with Crippen molar-refractivity contribution >= 4 is 27.5 Å². The van der Waals surface area contributed by atoms with Crippen LogP contribution >= 0.6 is 0 Å². The number of ether oxygens (including phenoxy) is 2. The summed E-state index contributed by atoms with van der Waals surface area (Å²) in [7, 11) is 1.30. The zero-order valence-corrected chi connectivity index (χ0v) is 22.2. The number of hydrogen-bond donors (Lipinski definition) is 2. The van der Waals surface area contributed by atoms with Crippen LogP contribution < -0.4 is 19.5 Å². The Labute approximate surface area is 217 Å². The summed E-state index contributed by atoms with van der Waals surface area (Å²) in [6, 6.07) is 18.1. The molecule has 0 saturated carbocycles. The zero-order valence-electron chi connectivity index (χ0n) is 21.4. The van der Waals surface area contributed by atoms with Crippen molar-refractivity contribution in [1.29, 1.82) is 0 Å². The van der Waals surface area contributed by atoms with Gasteiger partial charge in [-0.1, -0.05) is 42.5 Å². The van der Waals surface area contributed by atoms with Crippen molar-refractivity contribution in [1.82, 2.24) is 10.3 Å². The van der Waals surface area contributed by atoms with Crippen LogP contribution in [0.3, 0.4) is 0 Å². The highest BCUT2D eigenvalue weighted by Crippen LogP contribution is 2.35. The van der Waals surface area contributed by atoms with Gasteiger partial charge in [0.1, 0.15) is 0 Å². The molecule has 1 aliphatic heterocycles. The van der Waals surface area contributed by atoms with Gasteiger partial charge in [0, 0.05) is 23.7 Å². The van der Waals surface area contributed by atoms with E-state index in [0.717, 1.165) is 34.1 Å². The second-order valence-electron chi connectivity index (χ2n) is 8.76. The van der Waals surface area contributed by atoms with Crippen LogP contribution in [0.1, 0.15) is 23.6 Å². The van der Waals surface area contributed by atoms with E-state index in [-0.39, 0.29) is 12.1 Å². The lowest BCUT2D eigenvalue weighted by molar-refractivity contribution is 0.184. The minimum Gasteiger partial charge on any atom is -0.493 e. The number of hydrogen-bond acceptors (Lipinski definition) is 6. The first-order valence-electron chi connectivity index (χ1n) is 11.7. The smallest absolute Gasteiger partial charge is 0.337 e. The van der Waals surface area contributed by atoms with Gasteiger partial charge in [0.25, 0.3) is 0 Å². The van der Waals surface area contributed by atoms with Crippen LogP contribution in [0, 0.1) is 0 Å². The SMILES string of the molecule is CNC(=O)N1N=C(c2ccc(-c3ccccc3NS(C)(=O)=O)cc2)c2cc(OC)c(OC)cc2CC1C. The molecule has 0 bridgehead atoms. The van der Waals surface area contributed by atoms with Gasteiger partial charge in [-0.15, -0.1) is 0 Å². The molecule has 0 spiro atoms. The maximum atomic E-state index is 12.7. The molecule has 4 rings (SSSR count). The number of hydrazone groups is 1. The Bertz CT molecular complexity index is 1450. The zero-order chi connectivity index (χ0) is 26.7. The molecule has 0 fully saturated rings. The standard InChI is InChI=1S/C27H30N4O5S/c1-17-14-20-15-24(35-3)25(36-4)16-22(20)26(29-31(17)27(32)28-2)19-12-10-18(11-13-19)21-8-6-7-9-23(21)30-37(5,33)34/h6-13,15-17,30H,14H2,1-5H3,(H,28,32). The van der Waals surface area contributed by atoms with E-state index in [0.29, 0.717) is 29.3 Å². The summed E-state index contributed by atoms with van der Waals surface area (Å²) in [4.78, 5) is 12.7. The van der Waals surface area contributed by atoms with E-state index < -0.39 is 10.0 Å². The summed E-state index contributed by atoms with van der Waals surface area (Å²) < 4.78 is 37.3. The number of para-hydroxylation sites is 1. The lowest BCUT2D eigenvalue weighted by atomic mass is 9.93. The number of methoxy groups -OCH3 is 2. The molecule has 1 atom stereocenters. The summed E-state index contributed by atoms with van der Waals surface area (Å²) in [5, 5.41) is 8.91. The highest BCUT2D eigenvalue weighted by Gasteiger charge is 2.28. The lowest BCUT2D eigenvalue weighted by Crippen LogP contribution is -2.41. The first-order valence-corrected chi connectivity index (χ1v) is 13.6. The number of sulfonamides is 1. The number of amides is 2. The molecular weight excluding hydrogens is 492 g/mol. The number of nitrogens with one attached hydrogen (secondary N) is 2. The molecule has 2 N–H and O–H groups in total. The summed E-state index contributed by atoms with van der Waals surface area (Å²) in [6.07, 6.45) is 1.69. The van der Waals surface area contributed by atoms with Crippen LogP contribution in [-0.4, -0.2) is 58.7 Å². The third kappa shape index (κ3) is 5.54. The van der Waals surface area contributed by atoms with Crippen LogP contribution in [0.5, 0.6) is 11.5 Å². The number of fused-ring (bicyclic) bond motifs is 1. The van der Waals surface area contributed by atoms with E-state index in [9.17, 15) is 13.2 Å². The average Bonchev–Trinajstić information content (AvgIpc) is 3.02. The number of rotatable bonds is 6. The molecule has 194 valence electrons. The van der Waals surface area contributed by atoms with Crippen LogP contribution in [-0.2, 0) is 16.4 Å². The van der Waals surface area contributed by atoms with E-state index in [2.05, 4.69) is 10.0 Å². The van der Waals surface area contributed by atoms with Crippen molar-refractivity contribution in [3.05, 3.63) is 77.4 Å². The predicted molar refractivity (Wildman–Crippen MR) is 145 cm³/mol. The molecule has 9 nitrogen and oxygen atoms in total. The van der Waals surface area contributed by atoms with E-state index >= 15 is 0 Å². The van der Waals surface area contributed by atoms with Crippen LogP contribution in [0.15, 0.2) is 65.8 Å². The summed E-state index contributed by atoms with van der Waals surface area (Å²) >= 11 is 0. The van der Waals surface area contributed by atoms with Gasteiger partial charge in [-0.25, -0.2) is 18.2 Å². The van der Waals surface area contributed by atoms with Gasteiger partial charge in [0.15, 0.2) is 11.5 Å². The minimum absolute atomic E-state index is 0.206. The van der Waals surface area contributed by atoms with Gasteiger partial charge >= 0.3 is 6.03 Å². The average molecular weight is 523 g/mol. The van der Waals surface area contributed by atoms with Crippen molar-refractivity contribution < 1.29 is 22.7 Å². The number of benzene rings is 3. The highest BCUT2D eigenvalue weighted by molar-refractivity contribution is 7.92. The molecule has 1 aliphatic rings. The van der Waals surface area contributed by atoms with Gasteiger partial charge in [-0.3, -0.25) is 4.72 Å². The van der Waals surface area contributed by atoms with Crippen molar-refractivity contribution in [3.63, 3.8) is 0 Å². The monoisotopic (exact) mass is 522 g/mol. The number of carbonyl (C=O) groups is 1. The molecule has 1 heterocycles. The van der Waals surface area contributed by atoms with Gasteiger partial charge in [-0.05, 0) is 42.7 Å². The number of urea groups is 1. The molecule has 1 unspecified atom stereocenters. The molecule has 10 heteroatoms.